The smallest absolute Gasteiger partial charge is 0.250 e. The summed E-state index contributed by atoms with van der Waals surface area (Å²) < 4.78 is 33.6. The van der Waals surface area contributed by atoms with Gasteiger partial charge in [0, 0.05) is 18.6 Å². The molecule has 2 aliphatic rings. The van der Waals surface area contributed by atoms with E-state index in [9.17, 15) is 8.42 Å². The fraction of sp³-hybridized carbons (Fsp3) is 0.692. The minimum Gasteiger partial charge on any atom is -0.381 e. The van der Waals surface area contributed by atoms with Gasteiger partial charge in [-0.2, -0.15) is 0 Å². The molecule has 1 N–H and O–H groups in total. The van der Waals surface area contributed by atoms with Crippen LogP contribution in [0.5, 0.6) is 0 Å². The first-order valence-electron chi connectivity index (χ1n) is 6.59. The van der Waals surface area contributed by atoms with Crippen LogP contribution in [-0.4, -0.2) is 27.7 Å². The molecule has 2 unspecified atom stereocenters. The van der Waals surface area contributed by atoms with E-state index in [-0.39, 0.29) is 17.6 Å². The summed E-state index contributed by atoms with van der Waals surface area (Å²) in [4.78, 5) is 0. The largest absolute Gasteiger partial charge is 0.381 e. The van der Waals surface area contributed by atoms with E-state index in [1.807, 2.05) is 18.4 Å². The third kappa shape index (κ3) is 1.96. The summed E-state index contributed by atoms with van der Waals surface area (Å²) in [5.74, 6) is 0. The van der Waals surface area contributed by atoms with Crippen LogP contribution in [0.4, 0.5) is 0 Å². The fourth-order valence-corrected chi connectivity index (χ4v) is 6.15. The van der Waals surface area contributed by atoms with Gasteiger partial charge in [-0.25, -0.2) is 13.1 Å². The molecule has 1 spiro atoms. The van der Waals surface area contributed by atoms with Gasteiger partial charge >= 0.3 is 0 Å². The normalized spacial score (nSPS) is 28.9. The molecule has 2 saturated carbocycles. The highest BCUT2D eigenvalue weighted by Crippen LogP contribution is 2.57. The minimum absolute atomic E-state index is 0.0395. The summed E-state index contributed by atoms with van der Waals surface area (Å²) in [5, 5.41) is 1.82. The van der Waals surface area contributed by atoms with Crippen molar-refractivity contribution in [1.82, 2.24) is 4.72 Å². The van der Waals surface area contributed by atoms with E-state index in [2.05, 4.69) is 4.72 Å². The molecule has 3 rings (SSSR count). The topological polar surface area (TPSA) is 55.4 Å². The number of aryl methyl sites for hydroxylation is 1. The van der Waals surface area contributed by atoms with Crippen LogP contribution in [0.2, 0.25) is 0 Å². The van der Waals surface area contributed by atoms with Gasteiger partial charge in [0.15, 0.2) is 0 Å². The van der Waals surface area contributed by atoms with Crippen LogP contribution in [0.3, 0.4) is 0 Å². The van der Waals surface area contributed by atoms with Crippen molar-refractivity contribution < 1.29 is 13.2 Å². The minimum atomic E-state index is -3.37. The number of methoxy groups -OCH3 is 1. The Bertz CT molecular complexity index is 574. The van der Waals surface area contributed by atoms with Crippen molar-refractivity contribution in [2.24, 2.45) is 5.41 Å². The summed E-state index contributed by atoms with van der Waals surface area (Å²) in [7, 11) is -1.65. The Balaban J connectivity index is 1.78. The Hall–Kier alpha value is -0.430. The summed E-state index contributed by atoms with van der Waals surface area (Å²) in [5.41, 5.74) is 0.884. The Kier molecular flexibility index (Phi) is 3.24. The molecule has 0 amide bonds. The molecular formula is C13H19NO3S2. The maximum Gasteiger partial charge on any atom is 0.250 e. The van der Waals surface area contributed by atoms with Gasteiger partial charge in [-0.3, -0.25) is 0 Å². The summed E-state index contributed by atoms with van der Waals surface area (Å²) in [6, 6.07) is 1.88. The summed E-state index contributed by atoms with van der Waals surface area (Å²) in [6.07, 6.45) is 4.33. The molecule has 0 bridgehead atoms. The highest BCUT2D eigenvalue weighted by Gasteiger charge is 2.59. The molecule has 106 valence electrons. The Labute approximate surface area is 118 Å². The summed E-state index contributed by atoms with van der Waals surface area (Å²) in [6.45, 7) is 1.84. The van der Waals surface area contributed by atoms with E-state index < -0.39 is 10.0 Å². The van der Waals surface area contributed by atoms with E-state index in [1.54, 1.807) is 7.11 Å². The third-order valence-corrected chi connectivity index (χ3v) is 7.87. The second-order valence-corrected chi connectivity index (χ2v) is 8.44. The zero-order valence-corrected chi connectivity index (χ0v) is 12.8. The molecule has 2 aliphatic carbocycles. The Morgan fingerprint density at radius 1 is 1.47 bits per heavy atom. The van der Waals surface area contributed by atoms with Gasteiger partial charge in [0.05, 0.1) is 6.10 Å². The van der Waals surface area contributed by atoms with Crippen molar-refractivity contribution in [3.63, 3.8) is 0 Å². The molecule has 6 heteroatoms. The molecule has 0 aliphatic heterocycles. The number of hydrogen-bond acceptors (Lipinski definition) is 4. The second-order valence-electron chi connectivity index (χ2n) is 5.61. The number of ether oxygens (including phenoxy) is 1. The zero-order chi connectivity index (χ0) is 13.7. The highest BCUT2D eigenvalue weighted by molar-refractivity contribution is 7.91. The first-order valence-corrected chi connectivity index (χ1v) is 8.95. The number of thiophene rings is 1. The second kappa shape index (κ2) is 4.55. The van der Waals surface area contributed by atoms with Crippen molar-refractivity contribution in [2.45, 2.75) is 49.0 Å². The van der Waals surface area contributed by atoms with E-state index in [1.165, 1.54) is 17.8 Å². The molecular weight excluding hydrogens is 282 g/mol. The molecule has 1 aromatic heterocycles. The van der Waals surface area contributed by atoms with Gasteiger partial charge in [-0.1, -0.05) is 6.42 Å². The standard InChI is InChI=1S/C13H19NO3S2/c1-9-4-7-18-12(9)19(15,16)14-10-8-11(17-2)13(10)5-3-6-13/h4,7,10-11,14H,3,5-6,8H2,1-2H3. The van der Waals surface area contributed by atoms with Gasteiger partial charge < -0.3 is 4.74 Å². The number of rotatable bonds is 4. The lowest BCUT2D eigenvalue weighted by Crippen LogP contribution is -2.67. The lowest BCUT2D eigenvalue weighted by Gasteiger charge is -2.60. The molecule has 0 radical (unpaired) electrons. The first kappa shape index (κ1) is 13.5. The van der Waals surface area contributed by atoms with Crippen LogP contribution in [-0.2, 0) is 14.8 Å². The molecule has 2 fully saturated rings. The predicted octanol–water partition coefficient (Wildman–Crippen LogP) is 2.29. The first-order chi connectivity index (χ1) is 8.99. The van der Waals surface area contributed by atoms with Gasteiger partial charge in [0.2, 0.25) is 0 Å². The lowest BCUT2D eigenvalue weighted by atomic mass is 9.51. The molecule has 1 aromatic rings. The number of sulfonamides is 1. The quantitative estimate of drug-likeness (QED) is 0.928. The van der Waals surface area contributed by atoms with E-state index in [0.29, 0.717) is 4.21 Å². The van der Waals surface area contributed by atoms with Crippen molar-refractivity contribution in [3.8, 4) is 0 Å². The highest BCUT2D eigenvalue weighted by atomic mass is 32.2. The van der Waals surface area contributed by atoms with Crippen molar-refractivity contribution in [2.75, 3.05) is 7.11 Å². The van der Waals surface area contributed by atoms with E-state index >= 15 is 0 Å². The van der Waals surface area contributed by atoms with Crippen molar-refractivity contribution >= 4 is 21.4 Å². The Morgan fingerprint density at radius 3 is 2.68 bits per heavy atom. The van der Waals surface area contributed by atoms with Gasteiger partial charge in [0.1, 0.15) is 4.21 Å². The van der Waals surface area contributed by atoms with Crippen LogP contribution < -0.4 is 4.72 Å². The Morgan fingerprint density at radius 2 is 2.21 bits per heavy atom. The van der Waals surface area contributed by atoms with E-state index in [4.69, 9.17) is 4.74 Å². The fourth-order valence-electron chi connectivity index (χ4n) is 3.37. The molecule has 1 heterocycles. The molecule has 2 atom stereocenters. The van der Waals surface area contributed by atoms with Crippen molar-refractivity contribution in [1.29, 1.82) is 0 Å². The van der Waals surface area contributed by atoms with Gasteiger partial charge in [0.25, 0.3) is 10.0 Å². The van der Waals surface area contributed by atoms with Crippen molar-refractivity contribution in [3.05, 3.63) is 17.0 Å². The van der Waals surface area contributed by atoms with Gasteiger partial charge in [-0.05, 0) is 43.2 Å². The summed E-state index contributed by atoms with van der Waals surface area (Å²) >= 11 is 1.28. The lowest BCUT2D eigenvalue weighted by molar-refractivity contribution is -0.155. The molecule has 19 heavy (non-hydrogen) atoms. The molecule has 4 nitrogen and oxygen atoms in total. The van der Waals surface area contributed by atoms with Crippen LogP contribution in [0.25, 0.3) is 0 Å². The average Bonchev–Trinajstić information content (AvgIpc) is 2.68. The van der Waals surface area contributed by atoms with Crippen LogP contribution >= 0.6 is 11.3 Å². The number of hydrogen-bond donors (Lipinski definition) is 1. The number of nitrogens with one attached hydrogen (secondary N) is 1. The molecule has 0 saturated heterocycles. The SMILES string of the molecule is COC1CC(NS(=O)(=O)c2sccc2C)C12CCC2. The average molecular weight is 301 g/mol. The maximum absolute atomic E-state index is 12.4. The maximum atomic E-state index is 12.4. The molecule has 0 aromatic carbocycles. The monoisotopic (exact) mass is 301 g/mol. The predicted molar refractivity (Wildman–Crippen MR) is 74.9 cm³/mol. The van der Waals surface area contributed by atoms with Gasteiger partial charge in [-0.15, -0.1) is 11.3 Å². The van der Waals surface area contributed by atoms with Crippen LogP contribution in [0.15, 0.2) is 15.7 Å². The zero-order valence-electron chi connectivity index (χ0n) is 11.2. The van der Waals surface area contributed by atoms with Crippen LogP contribution in [0.1, 0.15) is 31.2 Å². The van der Waals surface area contributed by atoms with E-state index in [0.717, 1.165) is 24.8 Å². The van der Waals surface area contributed by atoms with Crippen LogP contribution in [0, 0.1) is 12.3 Å². The third-order valence-electron chi connectivity index (χ3n) is 4.71.